The van der Waals surface area contributed by atoms with E-state index in [2.05, 4.69) is 5.32 Å². The van der Waals surface area contributed by atoms with Gasteiger partial charge in [0.15, 0.2) is 0 Å². The summed E-state index contributed by atoms with van der Waals surface area (Å²) in [5.41, 5.74) is -5.17. The van der Waals surface area contributed by atoms with Crippen LogP contribution in [-0.4, -0.2) is 18.2 Å². The van der Waals surface area contributed by atoms with Crippen LogP contribution in [0, 0.1) is 0 Å². The normalized spacial score (nSPS) is 15.9. The molecule has 0 bridgehead atoms. The van der Waals surface area contributed by atoms with E-state index in [4.69, 9.17) is 0 Å². The molecule has 120 valence electrons. The Kier molecular flexibility index (Phi) is 4.94. The molecule has 0 aliphatic carbocycles. The molecule has 1 aromatic rings. The van der Waals surface area contributed by atoms with E-state index < -0.39 is 34.6 Å². The smallest absolute Gasteiger partial charge is 0.384 e. The van der Waals surface area contributed by atoms with Gasteiger partial charge in [-0.1, -0.05) is 6.92 Å². The summed E-state index contributed by atoms with van der Waals surface area (Å²) in [6.07, 6.45) is -9.85. The third-order valence-corrected chi connectivity index (χ3v) is 2.93. The Morgan fingerprint density at radius 3 is 1.62 bits per heavy atom. The number of alkyl halides is 6. The Balaban J connectivity index is 3.38. The van der Waals surface area contributed by atoms with Gasteiger partial charge in [0, 0.05) is 6.54 Å². The second-order valence-electron chi connectivity index (χ2n) is 4.85. The van der Waals surface area contributed by atoms with Crippen molar-refractivity contribution in [3.05, 3.63) is 34.9 Å². The lowest BCUT2D eigenvalue weighted by atomic mass is 9.92. The van der Waals surface area contributed by atoms with Crippen LogP contribution in [0.1, 0.15) is 30.5 Å². The zero-order valence-electron chi connectivity index (χ0n) is 11.4. The van der Waals surface area contributed by atoms with Crippen molar-refractivity contribution >= 4 is 0 Å². The summed E-state index contributed by atoms with van der Waals surface area (Å²) >= 11 is 0. The third kappa shape index (κ3) is 4.60. The maximum absolute atomic E-state index is 12.7. The molecular weight excluding hydrogens is 300 g/mol. The van der Waals surface area contributed by atoms with Crippen LogP contribution in [0.3, 0.4) is 0 Å². The zero-order valence-corrected chi connectivity index (χ0v) is 11.4. The molecule has 1 unspecified atom stereocenters. The lowest BCUT2D eigenvalue weighted by Gasteiger charge is -2.26. The predicted octanol–water partition coefficient (Wildman–Crippen LogP) is 3.54. The maximum Gasteiger partial charge on any atom is 0.416 e. The van der Waals surface area contributed by atoms with Crippen LogP contribution < -0.4 is 5.32 Å². The van der Waals surface area contributed by atoms with Gasteiger partial charge in [-0.3, -0.25) is 0 Å². The molecule has 2 nitrogen and oxygen atoms in total. The van der Waals surface area contributed by atoms with Gasteiger partial charge in [0.05, 0.1) is 16.7 Å². The maximum atomic E-state index is 12.7. The average Bonchev–Trinajstić information content (AvgIpc) is 2.34. The minimum Gasteiger partial charge on any atom is -0.384 e. The fourth-order valence-electron chi connectivity index (χ4n) is 1.74. The minimum atomic E-state index is -4.93. The number of aliphatic hydroxyl groups is 1. The second kappa shape index (κ2) is 5.84. The van der Waals surface area contributed by atoms with E-state index in [1.54, 1.807) is 6.92 Å². The van der Waals surface area contributed by atoms with Crippen molar-refractivity contribution in [1.82, 2.24) is 5.32 Å². The molecule has 2 N–H and O–H groups in total. The molecule has 21 heavy (non-hydrogen) atoms. The summed E-state index contributed by atoms with van der Waals surface area (Å²) in [5.74, 6) is 0. The van der Waals surface area contributed by atoms with Crippen LogP contribution in [0.25, 0.3) is 0 Å². The molecule has 0 fully saturated rings. The van der Waals surface area contributed by atoms with Gasteiger partial charge in [-0.25, -0.2) is 0 Å². The topological polar surface area (TPSA) is 32.3 Å². The fourth-order valence-corrected chi connectivity index (χ4v) is 1.74. The van der Waals surface area contributed by atoms with Crippen molar-refractivity contribution < 1.29 is 31.4 Å². The highest BCUT2D eigenvalue weighted by Gasteiger charge is 2.38. The Bertz CT molecular complexity index is 460. The Hall–Kier alpha value is -1.28. The standard InChI is InChI=1S/C13H15F6NO/c1-3-20-7-11(2,21)8-4-9(12(14,15)16)6-10(5-8)13(17,18)19/h4-6,20-21H,3,7H2,1-2H3. The van der Waals surface area contributed by atoms with Gasteiger partial charge in [-0.15, -0.1) is 0 Å². The Morgan fingerprint density at radius 1 is 0.905 bits per heavy atom. The van der Waals surface area contributed by atoms with Crippen LogP contribution in [0.4, 0.5) is 26.3 Å². The quantitative estimate of drug-likeness (QED) is 0.833. The van der Waals surface area contributed by atoms with Crippen LogP contribution in [0.2, 0.25) is 0 Å². The van der Waals surface area contributed by atoms with Crippen LogP contribution >= 0.6 is 0 Å². The van der Waals surface area contributed by atoms with Gasteiger partial charge >= 0.3 is 12.4 Å². The number of benzene rings is 1. The highest BCUT2D eigenvalue weighted by molar-refractivity contribution is 5.36. The molecule has 0 aliphatic rings. The molecule has 0 saturated carbocycles. The van der Waals surface area contributed by atoms with Crippen molar-refractivity contribution in [2.75, 3.05) is 13.1 Å². The first-order chi connectivity index (χ1) is 9.38. The van der Waals surface area contributed by atoms with Crippen LogP contribution in [0.15, 0.2) is 18.2 Å². The van der Waals surface area contributed by atoms with Crippen molar-refractivity contribution in [2.24, 2.45) is 0 Å². The van der Waals surface area contributed by atoms with Gasteiger partial charge in [0.1, 0.15) is 0 Å². The molecule has 0 aliphatic heterocycles. The lowest BCUT2D eigenvalue weighted by molar-refractivity contribution is -0.143. The van der Waals surface area contributed by atoms with E-state index in [0.29, 0.717) is 18.7 Å². The number of halogens is 6. The molecule has 0 amide bonds. The molecule has 1 rings (SSSR count). The largest absolute Gasteiger partial charge is 0.416 e. The molecule has 0 spiro atoms. The minimum absolute atomic E-state index is 0.0346. The van der Waals surface area contributed by atoms with Gasteiger partial charge in [0.25, 0.3) is 0 Å². The zero-order chi connectivity index (χ0) is 16.5. The van der Waals surface area contributed by atoms with Gasteiger partial charge < -0.3 is 10.4 Å². The summed E-state index contributed by atoms with van der Waals surface area (Å²) in [6, 6.07) is 1.10. The van der Waals surface area contributed by atoms with Crippen molar-refractivity contribution in [3.63, 3.8) is 0 Å². The van der Waals surface area contributed by atoms with Gasteiger partial charge in [0.2, 0.25) is 0 Å². The van der Waals surface area contributed by atoms with Gasteiger partial charge in [-0.2, -0.15) is 26.3 Å². The molecular formula is C13H15F6NO. The highest BCUT2D eigenvalue weighted by Crippen LogP contribution is 2.38. The Morgan fingerprint density at radius 2 is 1.29 bits per heavy atom. The van der Waals surface area contributed by atoms with Crippen LogP contribution in [-0.2, 0) is 18.0 Å². The molecule has 0 aromatic heterocycles. The van der Waals surface area contributed by atoms with E-state index >= 15 is 0 Å². The first kappa shape index (κ1) is 17.8. The molecule has 1 atom stereocenters. The molecule has 1 aromatic carbocycles. The fraction of sp³-hybridized carbons (Fsp3) is 0.538. The first-order valence-electron chi connectivity index (χ1n) is 6.11. The number of hydrogen-bond donors (Lipinski definition) is 2. The van der Waals surface area contributed by atoms with E-state index in [0.717, 1.165) is 6.92 Å². The molecule has 0 heterocycles. The average molecular weight is 315 g/mol. The summed E-state index contributed by atoms with van der Waals surface area (Å²) in [7, 11) is 0. The van der Waals surface area contributed by atoms with Crippen LogP contribution in [0.5, 0.6) is 0 Å². The number of hydrogen-bond acceptors (Lipinski definition) is 2. The number of nitrogens with one attached hydrogen (secondary N) is 1. The van der Waals surface area contributed by atoms with Crippen molar-refractivity contribution in [2.45, 2.75) is 31.8 Å². The molecule has 0 saturated heterocycles. The number of likely N-dealkylation sites (N-methyl/N-ethyl adjacent to an activating group) is 1. The number of rotatable bonds is 4. The molecule has 0 radical (unpaired) electrons. The monoisotopic (exact) mass is 315 g/mol. The third-order valence-electron chi connectivity index (χ3n) is 2.93. The van der Waals surface area contributed by atoms with Gasteiger partial charge in [-0.05, 0) is 37.2 Å². The van der Waals surface area contributed by atoms with E-state index in [-0.39, 0.29) is 12.6 Å². The highest BCUT2D eigenvalue weighted by atomic mass is 19.4. The van der Waals surface area contributed by atoms with E-state index in [1.165, 1.54) is 0 Å². The second-order valence-corrected chi connectivity index (χ2v) is 4.85. The SMILES string of the molecule is CCNCC(C)(O)c1cc(C(F)(F)F)cc(C(F)(F)F)c1. The summed E-state index contributed by atoms with van der Waals surface area (Å²) < 4.78 is 76.3. The molecule has 8 heteroatoms. The van der Waals surface area contributed by atoms with E-state index in [9.17, 15) is 31.4 Å². The predicted molar refractivity (Wildman–Crippen MR) is 64.6 cm³/mol. The van der Waals surface area contributed by atoms with Crippen molar-refractivity contribution in [3.8, 4) is 0 Å². The van der Waals surface area contributed by atoms with E-state index in [1.807, 2.05) is 0 Å². The lowest BCUT2D eigenvalue weighted by Crippen LogP contribution is -2.35. The Labute approximate surface area is 117 Å². The summed E-state index contributed by atoms with van der Waals surface area (Å²) in [6.45, 7) is 3.11. The summed E-state index contributed by atoms with van der Waals surface area (Å²) in [4.78, 5) is 0. The van der Waals surface area contributed by atoms with Crippen molar-refractivity contribution in [1.29, 1.82) is 0 Å². The first-order valence-corrected chi connectivity index (χ1v) is 6.11. The summed E-state index contributed by atoms with van der Waals surface area (Å²) in [5, 5.41) is 12.8.